The summed E-state index contributed by atoms with van der Waals surface area (Å²) in [4.78, 5) is 13.4. The average Bonchev–Trinajstić information content (AvgIpc) is 2.49. The fourth-order valence-corrected chi connectivity index (χ4v) is 2.59. The number of rotatable bonds is 4. The van der Waals surface area contributed by atoms with Gasteiger partial charge in [0, 0.05) is 6.07 Å². The van der Waals surface area contributed by atoms with Gasteiger partial charge in [0.25, 0.3) is 5.91 Å². The maximum Gasteiger partial charge on any atom is 0.353 e. The number of carbonyl (C=O) groups is 1. The molecule has 114 valence electrons. The summed E-state index contributed by atoms with van der Waals surface area (Å²) in [6, 6.07) is 11.0. The lowest BCUT2D eigenvalue weighted by molar-refractivity contribution is -0.167. The Bertz CT molecular complexity index is 734. The minimum absolute atomic E-state index is 0.408. The molecule has 0 saturated carbocycles. The van der Waals surface area contributed by atoms with Crippen LogP contribution in [-0.4, -0.2) is 22.1 Å². The number of aryl methyl sites for hydroxylation is 1. The fourth-order valence-electron chi connectivity index (χ4n) is 2.19. The third kappa shape index (κ3) is 3.32. The number of benzene rings is 2. The molecule has 0 aliphatic carbocycles. The van der Waals surface area contributed by atoms with Gasteiger partial charge in [0.2, 0.25) is 5.69 Å². The Kier molecular flexibility index (Phi) is 5.23. The number of amides is 1. The number of hydrogen-bond acceptors (Lipinski definition) is 1. The van der Waals surface area contributed by atoms with E-state index in [1.807, 2.05) is 22.9 Å². The monoisotopic (exact) mass is 415 g/mol. The Balaban J connectivity index is 2.67. The van der Waals surface area contributed by atoms with Crippen LogP contribution in [0.25, 0.3) is 0 Å². The van der Waals surface area contributed by atoms with Gasteiger partial charge in [-0.25, -0.2) is 8.78 Å². The summed E-state index contributed by atoms with van der Waals surface area (Å²) in [6.07, 6.45) is 0. The first-order chi connectivity index (χ1) is 10.5. The van der Waals surface area contributed by atoms with Crippen molar-refractivity contribution in [3.05, 3.63) is 53.8 Å². The highest BCUT2D eigenvalue weighted by atomic mass is 127. The number of nitrogens with zero attached hydrogens (tertiary/aromatic N) is 2. The lowest BCUT2D eigenvalue weighted by atomic mass is 10.1. The lowest BCUT2D eigenvalue weighted by Gasteiger charge is -2.23. The smallest absolute Gasteiger partial charge is 0.272 e. The summed E-state index contributed by atoms with van der Waals surface area (Å²) in [5.74, 6) is -1.13. The molecule has 0 aliphatic heterocycles. The summed E-state index contributed by atoms with van der Waals surface area (Å²) in [6.45, 7) is 4.32. The normalized spacial score (nSPS) is 10.4. The highest BCUT2D eigenvalue weighted by Crippen LogP contribution is 2.36. The maximum absolute atomic E-state index is 13.3. The molecule has 0 fully saturated rings. The molecule has 2 aromatic carbocycles. The Morgan fingerprint density at radius 1 is 1.27 bits per heavy atom. The molecule has 0 heterocycles. The lowest BCUT2D eigenvalue weighted by Crippen LogP contribution is -2.28. The molecule has 1 amide bonds. The van der Waals surface area contributed by atoms with Crippen LogP contribution in [-0.2, 0) is 4.79 Å². The SMILES string of the molecule is C=[N+](I)c1ccccc1N(C(=O)CF)c1ccc(F)cc1C. The summed E-state index contributed by atoms with van der Waals surface area (Å²) < 4.78 is 27.9. The van der Waals surface area contributed by atoms with Crippen molar-refractivity contribution in [2.24, 2.45) is 0 Å². The van der Waals surface area contributed by atoms with Gasteiger partial charge in [-0.3, -0.25) is 9.69 Å². The standard InChI is InChI=1S/C16H14F2IN2O/c1-11-9-12(18)7-8-13(11)21(16(22)10-17)15-6-4-3-5-14(15)20(2)19/h3-9H,2,10H2,1H3/q+1. The third-order valence-electron chi connectivity index (χ3n) is 3.15. The first-order valence-electron chi connectivity index (χ1n) is 6.46. The van der Waals surface area contributed by atoms with Crippen LogP contribution in [0, 0.1) is 12.7 Å². The second kappa shape index (κ2) is 6.95. The van der Waals surface area contributed by atoms with Gasteiger partial charge >= 0.3 is 22.9 Å². The van der Waals surface area contributed by atoms with E-state index in [-0.39, 0.29) is 0 Å². The first kappa shape index (κ1) is 16.5. The topological polar surface area (TPSA) is 23.3 Å². The highest BCUT2D eigenvalue weighted by Gasteiger charge is 2.25. The van der Waals surface area contributed by atoms with Crippen LogP contribution in [0.5, 0.6) is 0 Å². The minimum Gasteiger partial charge on any atom is -0.272 e. The predicted octanol–water partition coefficient (Wildman–Crippen LogP) is 4.46. The summed E-state index contributed by atoms with van der Waals surface area (Å²) in [5, 5.41) is 0. The molecule has 0 spiro atoms. The maximum atomic E-state index is 13.3. The van der Waals surface area contributed by atoms with Crippen LogP contribution in [0.2, 0.25) is 0 Å². The minimum atomic E-state index is -1.15. The molecule has 22 heavy (non-hydrogen) atoms. The molecule has 0 N–H and O–H groups in total. The molecule has 0 radical (unpaired) electrons. The molecule has 0 aliphatic rings. The quantitative estimate of drug-likeness (QED) is 0.411. The molecule has 0 aromatic heterocycles. The van der Waals surface area contributed by atoms with Gasteiger partial charge in [-0.1, -0.05) is 12.1 Å². The van der Waals surface area contributed by atoms with Crippen molar-refractivity contribution in [3.63, 3.8) is 0 Å². The van der Waals surface area contributed by atoms with Gasteiger partial charge in [-0.2, -0.15) is 0 Å². The van der Waals surface area contributed by atoms with E-state index in [9.17, 15) is 13.6 Å². The van der Waals surface area contributed by atoms with Crippen molar-refractivity contribution in [2.45, 2.75) is 6.92 Å². The molecule has 3 nitrogen and oxygen atoms in total. The van der Waals surface area contributed by atoms with Crippen molar-refractivity contribution < 1.29 is 16.4 Å². The Labute approximate surface area is 141 Å². The zero-order valence-electron chi connectivity index (χ0n) is 11.9. The van der Waals surface area contributed by atoms with E-state index in [0.717, 1.165) is 0 Å². The van der Waals surface area contributed by atoms with Gasteiger partial charge in [-0.05, 0) is 36.8 Å². The van der Waals surface area contributed by atoms with Crippen molar-refractivity contribution in [2.75, 3.05) is 11.6 Å². The van der Waals surface area contributed by atoms with E-state index in [1.165, 1.54) is 23.1 Å². The van der Waals surface area contributed by atoms with E-state index in [2.05, 4.69) is 6.72 Å². The Morgan fingerprint density at radius 2 is 1.95 bits per heavy atom. The molecular weight excluding hydrogens is 401 g/mol. The van der Waals surface area contributed by atoms with Crippen LogP contribution in [0.15, 0.2) is 42.5 Å². The summed E-state index contributed by atoms with van der Waals surface area (Å²) in [7, 11) is 0. The summed E-state index contributed by atoms with van der Waals surface area (Å²) in [5.41, 5.74) is 2.12. The molecule has 0 bridgehead atoms. The van der Waals surface area contributed by atoms with Crippen molar-refractivity contribution in [3.8, 4) is 0 Å². The molecule has 6 heteroatoms. The van der Waals surface area contributed by atoms with Crippen molar-refractivity contribution >= 4 is 52.6 Å². The van der Waals surface area contributed by atoms with Crippen molar-refractivity contribution in [1.82, 2.24) is 0 Å². The molecule has 0 atom stereocenters. The molecule has 0 unspecified atom stereocenters. The average molecular weight is 415 g/mol. The zero-order chi connectivity index (χ0) is 16.3. The Morgan fingerprint density at radius 3 is 2.55 bits per heavy atom. The number of hydrogen-bond donors (Lipinski definition) is 0. The molecule has 2 rings (SSSR count). The largest absolute Gasteiger partial charge is 0.353 e. The molecular formula is C16H14F2IN2O+. The second-order valence-electron chi connectivity index (χ2n) is 4.64. The highest BCUT2D eigenvalue weighted by molar-refractivity contribution is 14.1. The number of carbonyl (C=O) groups excluding carboxylic acids is 1. The van der Waals surface area contributed by atoms with Gasteiger partial charge in [-0.15, -0.1) is 2.79 Å². The van der Waals surface area contributed by atoms with Gasteiger partial charge < -0.3 is 0 Å². The van der Waals surface area contributed by atoms with Crippen LogP contribution in [0.1, 0.15) is 5.56 Å². The number of halogens is 3. The molecule has 2 aromatic rings. The zero-order valence-corrected chi connectivity index (χ0v) is 14.0. The van der Waals surface area contributed by atoms with Crippen LogP contribution in [0.4, 0.5) is 25.8 Å². The van der Waals surface area contributed by atoms with Crippen LogP contribution in [0.3, 0.4) is 0 Å². The van der Waals surface area contributed by atoms with E-state index in [4.69, 9.17) is 0 Å². The van der Waals surface area contributed by atoms with E-state index < -0.39 is 18.4 Å². The van der Waals surface area contributed by atoms with Crippen LogP contribution >= 0.6 is 22.9 Å². The van der Waals surface area contributed by atoms with Gasteiger partial charge in [0.05, 0.1) is 5.69 Å². The van der Waals surface area contributed by atoms with Gasteiger partial charge in [0.1, 0.15) is 18.2 Å². The molecule has 0 saturated heterocycles. The second-order valence-corrected chi connectivity index (χ2v) is 5.81. The number of anilines is 2. The van der Waals surface area contributed by atoms with E-state index in [1.54, 1.807) is 34.0 Å². The van der Waals surface area contributed by atoms with Gasteiger partial charge in [0.15, 0.2) is 6.67 Å². The predicted molar refractivity (Wildman–Crippen MR) is 91.8 cm³/mol. The third-order valence-corrected chi connectivity index (χ3v) is 3.67. The first-order valence-corrected chi connectivity index (χ1v) is 7.42. The number of para-hydroxylation sites is 2. The summed E-state index contributed by atoms with van der Waals surface area (Å²) >= 11 is 1.97. The van der Waals surface area contributed by atoms with E-state index >= 15 is 0 Å². The van der Waals surface area contributed by atoms with Crippen molar-refractivity contribution in [1.29, 1.82) is 0 Å². The van der Waals surface area contributed by atoms with Crippen LogP contribution < -0.4 is 4.90 Å². The number of alkyl halides is 1. The Hall–Kier alpha value is -1.83. The fraction of sp³-hybridized carbons (Fsp3) is 0.125. The van der Waals surface area contributed by atoms with E-state index in [0.29, 0.717) is 22.6 Å².